The van der Waals surface area contributed by atoms with Gasteiger partial charge in [-0.1, -0.05) is 66.7 Å². The molecule has 0 atom stereocenters. The number of hydrogen-bond donors (Lipinski definition) is 2. The van der Waals surface area contributed by atoms with Gasteiger partial charge in [-0.05, 0) is 53.5 Å². The number of anilines is 2. The Morgan fingerprint density at radius 1 is 0.971 bits per heavy atom. The molecule has 4 rings (SSSR count). The number of aromatic nitrogens is 3. The molecule has 4 aromatic rings. The van der Waals surface area contributed by atoms with Crippen LogP contribution < -0.4 is 5.32 Å². The van der Waals surface area contributed by atoms with E-state index in [-0.39, 0.29) is 10.8 Å². The minimum absolute atomic E-state index is 0.226. The Hall–Kier alpha value is -3.34. The number of phenols is 1. The summed E-state index contributed by atoms with van der Waals surface area (Å²) in [6.45, 7) is 17.1. The van der Waals surface area contributed by atoms with E-state index in [9.17, 15) is 5.11 Å². The number of nitrogens with zero attached hydrogens (tertiary/aromatic N) is 3. The summed E-state index contributed by atoms with van der Waals surface area (Å²) in [6.07, 6.45) is 4.68. The lowest BCUT2D eigenvalue weighted by Gasteiger charge is -2.28. The van der Waals surface area contributed by atoms with Crippen LogP contribution in [0.2, 0.25) is 0 Å². The predicted molar refractivity (Wildman–Crippen MR) is 141 cm³/mol. The summed E-state index contributed by atoms with van der Waals surface area (Å²) in [5, 5.41) is 14.9. The first-order chi connectivity index (χ1) is 15.9. The molecule has 2 heterocycles. The SMILES string of the molecule is CCc1cccc(C)c1Nc1c(-c2cc(C(C)(C)C)c(O)c(C(C)(C)C)c2)nc2ncccn12. The van der Waals surface area contributed by atoms with Gasteiger partial charge in [0.15, 0.2) is 0 Å². The molecule has 0 unspecified atom stereocenters. The Balaban J connectivity index is 2.02. The summed E-state index contributed by atoms with van der Waals surface area (Å²) < 4.78 is 2.00. The lowest BCUT2D eigenvalue weighted by atomic mass is 9.78. The van der Waals surface area contributed by atoms with Crippen LogP contribution in [0.15, 0.2) is 48.8 Å². The second-order valence-electron chi connectivity index (χ2n) is 11.1. The van der Waals surface area contributed by atoms with Crippen molar-refractivity contribution >= 4 is 17.3 Å². The van der Waals surface area contributed by atoms with Gasteiger partial charge < -0.3 is 10.4 Å². The first-order valence-electron chi connectivity index (χ1n) is 12.0. The summed E-state index contributed by atoms with van der Waals surface area (Å²) in [5.74, 6) is 1.87. The van der Waals surface area contributed by atoms with Gasteiger partial charge in [0.25, 0.3) is 0 Å². The number of benzene rings is 2. The number of para-hydroxylation sites is 1. The van der Waals surface area contributed by atoms with E-state index < -0.39 is 0 Å². The van der Waals surface area contributed by atoms with Crippen molar-refractivity contribution in [2.45, 2.75) is 72.6 Å². The Bertz CT molecular complexity index is 1320. The predicted octanol–water partition coefficient (Wildman–Crippen LogP) is 7.31. The van der Waals surface area contributed by atoms with Crippen LogP contribution in [0, 0.1) is 6.92 Å². The van der Waals surface area contributed by atoms with E-state index in [1.807, 2.05) is 16.7 Å². The highest BCUT2D eigenvalue weighted by molar-refractivity contribution is 5.82. The maximum absolute atomic E-state index is 11.2. The number of fused-ring (bicyclic) bond motifs is 1. The smallest absolute Gasteiger partial charge is 0.235 e. The Morgan fingerprint density at radius 2 is 1.62 bits per heavy atom. The van der Waals surface area contributed by atoms with E-state index in [0.717, 1.165) is 40.3 Å². The van der Waals surface area contributed by atoms with Crippen LogP contribution in [0.25, 0.3) is 17.0 Å². The summed E-state index contributed by atoms with van der Waals surface area (Å²) in [6, 6.07) is 12.5. The number of aryl methyl sites for hydroxylation is 2. The standard InChI is InChI=1S/C29H36N4O/c1-9-19-13-10-12-18(2)23(19)31-26-24(32-27-30-14-11-15-33(26)27)20-16-21(28(3,4)5)25(34)22(17-20)29(6,7)8/h10-17,31,34H,9H2,1-8H3. The highest BCUT2D eigenvalue weighted by atomic mass is 16.3. The van der Waals surface area contributed by atoms with Crippen LogP contribution >= 0.6 is 0 Å². The molecule has 0 fully saturated rings. The average molecular weight is 457 g/mol. The highest BCUT2D eigenvalue weighted by Gasteiger charge is 2.28. The lowest BCUT2D eigenvalue weighted by Crippen LogP contribution is -2.17. The van der Waals surface area contributed by atoms with E-state index >= 15 is 0 Å². The molecule has 2 aromatic heterocycles. The van der Waals surface area contributed by atoms with E-state index in [4.69, 9.17) is 4.98 Å². The Labute approximate surface area is 202 Å². The molecule has 0 radical (unpaired) electrons. The molecule has 0 aliphatic carbocycles. The molecule has 0 aliphatic heterocycles. The quantitative estimate of drug-likeness (QED) is 0.338. The molecule has 2 aromatic carbocycles. The molecule has 0 saturated heterocycles. The fourth-order valence-corrected chi connectivity index (χ4v) is 4.44. The van der Waals surface area contributed by atoms with Crippen molar-refractivity contribution in [2.24, 2.45) is 0 Å². The first kappa shape index (κ1) is 23.8. The minimum Gasteiger partial charge on any atom is -0.507 e. The van der Waals surface area contributed by atoms with Crippen LogP contribution in [0.4, 0.5) is 11.5 Å². The van der Waals surface area contributed by atoms with Crippen LogP contribution in [0.1, 0.15) is 70.7 Å². The van der Waals surface area contributed by atoms with Gasteiger partial charge >= 0.3 is 0 Å². The number of phenolic OH excluding ortho intramolecular Hbond substituents is 1. The van der Waals surface area contributed by atoms with Gasteiger partial charge in [0.1, 0.15) is 17.3 Å². The van der Waals surface area contributed by atoms with Gasteiger partial charge in [0, 0.05) is 34.8 Å². The van der Waals surface area contributed by atoms with Gasteiger partial charge in [-0.3, -0.25) is 4.40 Å². The normalized spacial score (nSPS) is 12.4. The van der Waals surface area contributed by atoms with Crippen molar-refractivity contribution in [1.29, 1.82) is 0 Å². The van der Waals surface area contributed by atoms with Crippen molar-refractivity contribution in [1.82, 2.24) is 14.4 Å². The molecule has 0 saturated carbocycles. The number of nitrogens with one attached hydrogen (secondary N) is 1. The summed E-state index contributed by atoms with van der Waals surface area (Å²) in [7, 11) is 0. The maximum Gasteiger partial charge on any atom is 0.235 e. The first-order valence-corrected chi connectivity index (χ1v) is 12.0. The molecule has 0 aliphatic rings. The highest BCUT2D eigenvalue weighted by Crippen LogP contribution is 2.43. The van der Waals surface area contributed by atoms with Crippen molar-refractivity contribution in [2.75, 3.05) is 5.32 Å². The van der Waals surface area contributed by atoms with Gasteiger partial charge in [0.2, 0.25) is 5.78 Å². The molecule has 178 valence electrons. The number of rotatable bonds is 4. The van der Waals surface area contributed by atoms with Crippen molar-refractivity contribution in [3.63, 3.8) is 0 Å². The number of imidazole rings is 1. The van der Waals surface area contributed by atoms with Gasteiger partial charge in [-0.25, -0.2) is 9.97 Å². The van der Waals surface area contributed by atoms with Crippen LogP contribution in [-0.4, -0.2) is 19.5 Å². The molecule has 5 nitrogen and oxygen atoms in total. The van der Waals surface area contributed by atoms with Crippen molar-refractivity contribution in [3.05, 3.63) is 71.0 Å². The van der Waals surface area contributed by atoms with Crippen molar-refractivity contribution in [3.8, 4) is 17.0 Å². The zero-order chi connectivity index (χ0) is 24.8. The fourth-order valence-electron chi connectivity index (χ4n) is 4.44. The third-order valence-electron chi connectivity index (χ3n) is 6.39. The monoisotopic (exact) mass is 456 g/mol. The zero-order valence-electron chi connectivity index (χ0n) is 21.6. The third kappa shape index (κ3) is 4.27. The third-order valence-corrected chi connectivity index (χ3v) is 6.39. The summed E-state index contributed by atoms with van der Waals surface area (Å²) >= 11 is 0. The van der Waals surface area contributed by atoms with E-state index in [2.05, 4.69) is 96.0 Å². The van der Waals surface area contributed by atoms with Crippen LogP contribution in [0.3, 0.4) is 0 Å². The molecule has 2 N–H and O–H groups in total. The molecule has 0 bridgehead atoms. The summed E-state index contributed by atoms with van der Waals surface area (Å²) in [4.78, 5) is 9.47. The lowest BCUT2D eigenvalue weighted by molar-refractivity contribution is 0.423. The van der Waals surface area contributed by atoms with E-state index in [0.29, 0.717) is 11.5 Å². The molecule has 34 heavy (non-hydrogen) atoms. The minimum atomic E-state index is -0.226. The summed E-state index contributed by atoms with van der Waals surface area (Å²) in [5.41, 5.74) is 6.69. The second kappa shape index (κ2) is 8.46. The van der Waals surface area contributed by atoms with E-state index in [1.54, 1.807) is 6.20 Å². The van der Waals surface area contributed by atoms with E-state index in [1.165, 1.54) is 11.1 Å². The number of aromatic hydroxyl groups is 1. The number of hydrogen-bond acceptors (Lipinski definition) is 4. The maximum atomic E-state index is 11.2. The molecular weight excluding hydrogens is 420 g/mol. The molecule has 0 spiro atoms. The topological polar surface area (TPSA) is 62.5 Å². The average Bonchev–Trinajstić information content (AvgIpc) is 3.12. The molecule has 0 amide bonds. The second-order valence-corrected chi connectivity index (χ2v) is 11.1. The van der Waals surface area contributed by atoms with Crippen LogP contribution in [0.5, 0.6) is 5.75 Å². The molecule has 5 heteroatoms. The van der Waals surface area contributed by atoms with Gasteiger partial charge in [-0.2, -0.15) is 0 Å². The van der Waals surface area contributed by atoms with Gasteiger partial charge in [-0.15, -0.1) is 0 Å². The Morgan fingerprint density at radius 3 is 2.21 bits per heavy atom. The largest absolute Gasteiger partial charge is 0.507 e. The van der Waals surface area contributed by atoms with Crippen LogP contribution in [-0.2, 0) is 17.3 Å². The Kier molecular flexibility index (Phi) is 5.92. The fraction of sp³-hybridized carbons (Fsp3) is 0.379. The molecular formula is C29H36N4O. The van der Waals surface area contributed by atoms with Gasteiger partial charge in [0.05, 0.1) is 0 Å². The zero-order valence-corrected chi connectivity index (χ0v) is 21.6. The van der Waals surface area contributed by atoms with Crippen molar-refractivity contribution < 1.29 is 5.11 Å².